The number of aromatic amines is 1. The average Bonchev–Trinajstić information content (AvgIpc) is 3.36. The maximum Gasteiger partial charge on any atom is 0.237 e. The Labute approximate surface area is 172 Å². The van der Waals surface area contributed by atoms with Gasteiger partial charge in [0.2, 0.25) is 11.1 Å². The standard InChI is InChI=1S/C22H21FN4OS/c1-14(21(28)24-19-11-8-16-3-2-4-17(16)13-19)29-22-25-20(26-27-22)12-7-15-5-9-18(23)10-6-15/h5-14H,2-4H2,1H3,(H,24,28)(H,25,26,27). The van der Waals surface area contributed by atoms with E-state index < -0.39 is 0 Å². The Morgan fingerprint density at radius 1 is 1.17 bits per heavy atom. The Bertz CT molecular complexity index is 1050. The molecule has 1 aliphatic rings. The first-order chi connectivity index (χ1) is 14.1. The molecule has 0 saturated carbocycles. The zero-order valence-electron chi connectivity index (χ0n) is 16.0. The van der Waals surface area contributed by atoms with E-state index in [-0.39, 0.29) is 17.0 Å². The maximum atomic E-state index is 12.9. The molecular weight excluding hydrogens is 387 g/mol. The number of carbonyl (C=O) groups is 1. The van der Waals surface area contributed by atoms with E-state index in [1.54, 1.807) is 18.2 Å². The Kier molecular flexibility index (Phi) is 5.76. The van der Waals surface area contributed by atoms with Crippen molar-refractivity contribution in [2.24, 2.45) is 0 Å². The number of halogens is 1. The Morgan fingerprint density at radius 2 is 1.97 bits per heavy atom. The molecule has 0 radical (unpaired) electrons. The van der Waals surface area contributed by atoms with E-state index in [1.807, 2.05) is 19.1 Å². The minimum atomic E-state index is -0.340. The molecule has 1 unspecified atom stereocenters. The monoisotopic (exact) mass is 408 g/mol. The summed E-state index contributed by atoms with van der Waals surface area (Å²) in [6.07, 6.45) is 6.97. The normalized spacial score (nSPS) is 14.1. The van der Waals surface area contributed by atoms with Crippen LogP contribution >= 0.6 is 11.8 Å². The number of fused-ring (bicyclic) bond motifs is 1. The minimum absolute atomic E-state index is 0.0823. The van der Waals surface area contributed by atoms with Crippen molar-refractivity contribution in [1.29, 1.82) is 0 Å². The van der Waals surface area contributed by atoms with Gasteiger partial charge in [0.25, 0.3) is 0 Å². The van der Waals surface area contributed by atoms with Gasteiger partial charge in [0.15, 0.2) is 0 Å². The second-order valence-electron chi connectivity index (χ2n) is 6.97. The van der Waals surface area contributed by atoms with E-state index in [0.717, 1.165) is 24.1 Å². The number of H-pyrrole nitrogens is 1. The minimum Gasteiger partial charge on any atom is -0.325 e. The number of benzene rings is 2. The molecule has 1 aromatic heterocycles. The van der Waals surface area contributed by atoms with E-state index in [9.17, 15) is 9.18 Å². The average molecular weight is 409 g/mol. The third-order valence-corrected chi connectivity index (χ3v) is 5.76. The van der Waals surface area contributed by atoms with Crippen molar-refractivity contribution < 1.29 is 9.18 Å². The summed E-state index contributed by atoms with van der Waals surface area (Å²) < 4.78 is 12.9. The number of carbonyl (C=O) groups excluding carboxylic acids is 1. The van der Waals surface area contributed by atoms with Gasteiger partial charge >= 0.3 is 0 Å². The van der Waals surface area contributed by atoms with Gasteiger partial charge < -0.3 is 5.32 Å². The predicted molar refractivity (Wildman–Crippen MR) is 114 cm³/mol. The molecule has 0 bridgehead atoms. The predicted octanol–water partition coefficient (Wildman–Crippen LogP) is 4.72. The first-order valence-corrected chi connectivity index (χ1v) is 10.4. The van der Waals surface area contributed by atoms with Gasteiger partial charge in [-0.15, -0.1) is 5.10 Å². The fraction of sp³-hybridized carbons (Fsp3) is 0.227. The van der Waals surface area contributed by atoms with Crippen molar-refractivity contribution in [2.45, 2.75) is 36.6 Å². The van der Waals surface area contributed by atoms with Crippen LogP contribution in [0.25, 0.3) is 12.2 Å². The molecule has 3 aromatic rings. The van der Waals surface area contributed by atoms with Crippen LogP contribution in [0, 0.1) is 5.82 Å². The topological polar surface area (TPSA) is 70.7 Å². The van der Waals surface area contributed by atoms with Crippen LogP contribution in [0.4, 0.5) is 10.1 Å². The van der Waals surface area contributed by atoms with Crippen molar-refractivity contribution in [3.63, 3.8) is 0 Å². The summed E-state index contributed by atoms with van der Waals surface area (Å²) in [4.78, 5) is 16.9. The lowest BCUT2D eigenvalue weighted by Gasteiger charge is -2.11. The van der Waals surface area contributed by atoms with Crippen LogP contribution in [-0.4, -0.2) is 26.3 Å². The molecule has 0 saturated heterocycles. The van der Waals surface area contributed by atoms with Gasteiger partial charge in [-0.1, -0.05) is 36.0 Å². The summed E-state index contributed by atoms with van der Waals surface area (Å²) in [6, 6.07) is 12.3. The molecule has 7 heteroatoms. The number of aromatic nitrogens is 3. The molecule has 1 aliphatic carbocycles. The fourth-order valence-electron chi connectivity index (χ4n) is 3.24. The number of nitrogens with one attached hydrogen (secondary N) is 2. The SMILES string of the molecule is CC(Sc1n[nH]c(C=Cc2ccc(F)cc2)n1)C(=O)Nc1ccc2c(c1)CCC2. The molecular formula is C22H21FN4OS. The zero-order chi connectivity index (χ0) is 20.2. The van der Waals surface area contributed by atoms with E-state index in [2.05, 4.69) is 32.6 Å². The van der Waals surface area contributed by atoms with Gasteiger partial charge in [0, 0.05) is 5.69 Å². The maximum absolute atomic E-state index is 12.9. The second-order valence-corrected chi connectivity index (χ2v) is 8.28. The van der Waals surface area contributed by atoms with Gasteiger partial charge in [-0.25, -0.2) is 9.37 Å². The Balaban J connectivity index is 1.34. The number of nitrogens with zero attached hydrogens (tertiary/aromatic N) is 2. The number of amides is 1. The van der Waals surface area contributed by atoms with Gasteiger partial charge in [-0.05, 0) is 73.2 Å². The number of rotatable bonds is 6. The first kappa shape index (κ1) is 19.4. The van der Waals surface area contributed by atoms with Crippen LogP contribution in [0.15, 0.2) is 47.6 Å². The van der Waals surface area contributed by atoms with Crippen molar-refractivity contribution in [1.82, 2.24) is 15.2 Å². The molecule has 2 aromatic carbocycles. The van der Waals surface area contributed by atoms with Crippen LogP contribution in [0.3, 0.4) is 0 Å². The molecule has 29 heavy (non-hydrogen) atoms. The number of aryl methyl sites for hydroxylation is 2. The summed E-state index contributed by atoms with van der Waals surface area (Å²) in [5.41, 5.74) is 4.40. The third-order valence-electron chi connectivity index (χ3n) is 4.80. The molecule has 2 N–H and O–H groups in total. The lowest BCUT2D eigenvalue weighted by atomic mass is 10.1. The van der Waals surface area contributed by atoms with Gasteiger partial charge in [-0.2, -0.15) is 0 Å². The Morgan fingerprint density at radius 3 is 2.79 bits per heavy atom. The highest BCUT2D eigenvalue weighted by Gasteiger charge is 2.18. The van der Waals surface area contributed by atoms with Crippen molar-refractivity contribution in [3.8, 4) is 0 Å². The number of hydrogen-bond acceptors (Lipinski definition) is 4. The van der Waals surface area contributed by atoms with Crippen molar-refractivity contribution >= 4 is 35.5 Å². The molecule has 5 nitrogen and oxygen atoms in total. The number of anilines is 1. The summed E-state index contributed by atoms with van der Waals surface area (Å²) in [5.74, 6) is 0.219. The highest BCUT2D eigenvalue weighted by Crippen LogP contribution is 2.26. The molecule has 0 spiro atoms. The first-order valence-electron chi connectivity index (χ1n) is 9.52. The van der Waals surface area contributed by atoms with Gasteiger partial charge in [-0.3, -0.25) is 9.89 Å². The zero-order valence-corrected chi connectivity index (χ0v) is 16.8. The highest BCUT2D eigenvalue weighted by molar-refractivity contribution is 8.00. The summed E-state index contributed by atoms with van der Waals surface area (Å²) in [5, 5.41) is 10.1. The van der Waals surface area contributed by atoms with Crippen molar-refractivity contribution in [3.05, 3.63) is 70.8 Å². The molecule has 0 aliphatic heterocycles. The highest BCUT2D eigenvalue weighted by atomic mass is 32.2. The van der Waals surface area contributed by atoms with Gasteiger partial charge in [0.1, 0.15) is 11.6 Å². The molecule has 0 fully saturated rings. The number of thioether (sulfide) groups is 1. The molecule has 4 rings (SSSR count). The van der Waals surface area contributed by atoms with E-state index in [0.29, 0.717) is 11.0 Å². The van der Waals surface area contributed by atoms with Crippen LogP contribution < -0.4 is 5.32 Å². The van der Waals surface area contributed by atoms with Crippen LogP contribution in [0.5, 0.6) is 0 Å². The van der Waals surface area contributed by atoms with Crippen LogP contribution in [0.1, 0.15) is 35.9 Å². The summed E-state index contributed by atoms with van der Waals surface area (Å²) >= 11 is 1.29. The molecule has 1 atom stereocenters. The van der Waals surface area contributed by atoms with Gasteiger partial charge in [0.05, 0.1) is 5.25 Å². The van der Waals surface area contributed by atoms with Crippen molar-refractivity contribution in [2.75, 3.05) is 5.32 Å². The second kappa shape index (κ2) is 8.61. The molecule has 1 amide bonds. The van der Waals surface area contributed by atoms with Crippen LogP contribution in [0.2, 0.25) is 0 Å². The Hall–Kier alpha value is -2.93. The number of hydrogen-bond donors (Lipinski definition) is 2. The van der Waals surface area contributed by atoms with E-state index in [1.165, 1.54) is 41.4 Å². The summed E-state index contributed by atoms with van der Waals surface area (Å²) in [7, 11) is 0. The fourth-order valence-corrected chi connectivity index (χ4v) is 3.97. The summed E-state index contributed by atoms with van der Waals surface area (Å²) in [6.45, 7) is 1.83. The van der Waals surface area contributed by atoms with Crippen LogP contribution in [-0.2, 0) is 17.6 Å². The quantitative estimate of drug-likeness (QED) is 0.579. The third kappa shape index (κ3) is 4.92. The van der Waals surface area contributed by atoms with E-state index >= 15 is 0 Å². The largest absolute Gasteiger partial charge is 0.325 e. The lowest BCUT2D eigenvalue weighted by Crippen LogP contribution is -2.22. The molecule has 1 heterocycles. The smallest absolute Gasteiger partial charge is 0.237 e. The van der Waals surface area contributed by atoms with E-state index in [4.69, 9.17) is 0 Å². The molecule has 148 valence electrons. The lowest BCUT2D eigenvalue weighted by molar-refractivity contribution is -0.115.